The molecule has 0 unspecified atom stereocenters. The summed E-state index contributed by atoms with van der Waals surface area (Å²) in [5.74, 6) is 0. The first-order valence-corrected chi connectivity index (χ1v) is 18.1. The first-order valence-electron chi connectivity index (χ1n) is 11.1. The molecule has 0 aromatic carbocycles. The Labute approximate surface area is 178 Å². The van der Waals surface area contributed by atoms with Crippen LogP contribution in [-0.4, -0.2) is 66.3 Å². The van der Waals surface area contributed by atoms with Crippen LogP contribution in [0, 0.1) is 5.41 Å². The van der Waals surface area contributed by atoms with Gasteiger partial charge >= 0.3 is 8.56 Å². The quantitative estimate of drug-likeness (QED) is 0.218. The standard InChI is InChI=1S/C20H44O5Si3/c1-7-9-12-21-13-10-15-26-24-28(5,6)25-27(3,4)16-11-14-22-17-20(8-2)18-23-19-20/h7-19H2,1-6H3. The number of unbranched alkanes of at least 4 members (excludes halogenated alkanes) is 1. The number of rotatable bonds is 18. The van der Waals surface area contributed by atoms with E-state index in [1.807, 2.05) is 0 Å². The van der Waals surface area contributed by atoms with Crippen LogP contribution in [0.5, 0.6) is 0 Å². The van der Waals surface area contributed by atoms with E-state index < -0.39 is 16.9 Å². The molecule has 5 nitrogen and oxygen atoms in total. The lowest BCUT2D eigenvalue weighted by molar-refractivity contribution is -0.150. The highest BCUT2D eigenvalue weighted by molar-refractivity contribution is 6.83. The molecule has 1 aliphatic rings. The van der Waals surface area contributed by atoms with E-state index in [1.165, 1.54) is 6.42 Å². The van der Waals surface area contributed by atoms with E-state index in [0.29, 0.717) is 9.76 Å². The average molecular weight is 449 g/mol. The second-order valence-electron chi connectivity index (χ2n) is 9.08. The Bertz CT molecular complexity index is 398. The zero-order chi connectivity index (χ0) is 20.9. The lowest BCUT2D eigenvalue weighted by Gasteiger charge is -2.40. The summed E-state index contributed by atoms with van der Waals surface area (Å²) >= 11 is 0. The normalized spacial score (nSPS) is 16.9. The number of ether oxygens (including phenoxy) is 3. The van der Waals surface area contributed by atoms with Crippen molar-refractivity contribution in [1.29, 1.82) is 0 Å². The van der Waals surface area contributed by atoms with Crippen LogP contribution in [0.4, 0.5) is 0 Å². The predicted octanol–water partition coefficient (Wildman–Crippen LogP) is 5.00. The third-order valence-corrected chi connectivity index (χ3v) is 13.9. The average Bonchev–Trinajstić information content (AvgIpc) is 2.58. The fraction of sp³-hybridized carbons (Fsp3) is 1.00. The minimum Gasteiger partial charge on any atom is -0.437 e. The molecule has 1 heterocycles. The van der Waals surface area contributed by atoms with Crippen LogP contribution >= 0.6 is 0 Å². The van der Waals surface area contributed by atoms with Crippen molar-refractivity contribution in [1.82, 2.24) is 0 Å². The molecule has 0 atom stereocenters. The summed E-state index contributed by atoms with van der Waals surface area (Å²) in [6, 6.07) is 2.20. The molecule has 1 fully saturated rings. The van der Waals surface area contributed by atoms with Gasteiger partial charge in [-0.1, -0.05) is 20.3 Å². The summed E-state index contributed by atoms with van der Waals surface area (Å²) < 4.78 is 29.6. The Morgan fingerprint density at radius 1 is 0.929 bits per heavy atom. The van der Waals surface area contributed by atoms with Crippen molar-refractivity contribution in [3.8, 4) is 0 Å². The van der Waals surface area contributed by atoms with Crippen molar-refractivity contribution >= 4 is 26.6 Å². The molecule has 2 radical (unpaired) electrons. The summed E-state index contributed by atoms with van der Waals surface area (Å²) in [4.78, 5) is 0. The van der Waals surface area contributed by atoms with Gasteiger partial charge in [-0.2, -0.15) is 0 Å². The molecule has 1 rings (SSSR count). The van der Waals surface area contributed by atoms with Crippen LogP contribution in [0.15, 0.2) is 0 Å². The summed E-state index contributed by atoms with van der Waals surface area (Å²) in [5.41, 5.74) is 0.286. The zero-order valence-corrected chi connectivity index (χ0v) is 22.2. The first-order chi connectivity index (χ1) is 13.2. The Kier molecular flexibility index (Phi) is 13.0. The molecular formula is C20H44O5Si3. The van der Waals surface area contributed by atoms with Gasteiger partial charge in [0.2, 0.25) is 9.76 Å². The van der Waals surface area contributed by atoms with Crippen LogP contribution in [-0.2, 0) is 22.4 Å². The molecule has 8 heteroatoms. The van der Waals surface area contributed by atoms with E-state index in [0.717, 1.165) is 77.4 Å². The van der Waals surface area contributed by atoms with Crippen LogP contribution in [0.1, 0.15) is 46.0 Å². The monoisotopic (exact) mass is 448 g/mol. The van der Waals surface area contributed by atoms with Gasteiger partial charge in [-0.3, -0.25) is 0 Å². The summed E-state index contributed by atoms with van der Waals surface area (Å²) in [6.45, 7) is 18.5. The molecule has 166 valence electrons. The van der Waals surface area contributed by atoms with Crippen molar-refractivity contribution in [2.75, 3.05) is 39.6 Å². The smallest absolute Gasteiger partial charge is 0.310 e. The highest BCUT2D eigenvalue weighted by Gasteiger charge is 2.37. The molecule has 0 saturated carbocycles. The van der Waals surface area contributed by atoms with Crippen molar-refractivity contribution in [3.63, 3.8) is 0 Å². The van der Waals surface area contributed by atoms with E-state index in [9.17, 15) is 0 Å². The molecule has 0 spiro atoms. The summed E-state index contributed by atoms with van der Waals surface area (Å²) in [6.07, 6.45) is 5.64. The van der Waals surface area contributed by atoms with Crippen molar-refractivity contribution in [2.24, 2.45) is 5.41 Å². The van der Waals surface area contributed by atoms with Crippen LogP contribution < -0.4 is 0 Å². The zero-order valence-electron chi connectivity index (χ0n) is 19.2. The summed E-state index contributed by atoms with van der Waals surface area (Å²) in [7, 11) is -3.23. The van der Waals surface area contributed by atoms with Crippen LogP contribution in [0.2, 0.25) is 38.3 Å². The molecule has 0 amide bonds. The van der Waals surface area contributed by atoms with Gasteiger partial charge in [-0.15, -0.1) is 0 Å². The fourth-order valence-corrected chi connectivity index (χ4v) is 12.6. The van der Waals surface area contributed by atoms with Gasteiger partial charge in [-0.05, 0) is 64.0 Å². The second kappa shape index (κ2) is 13.7. The largest absolute Gasteiger partial charge is 0.437 e. The van der Waals surface area contributed by atoms with Gasteiger partial charge in [0.1, 0.15) is 0 Å². The molecule has 1 aliphatic heterocycles. The first kappa shape index (κ1) is 26.5. The van der Waals surface area contributed by atoms with E-state index in [1.54, 1.807) is 0 Å². The van der Waals surface area contributed by atoms with E-state index in [2.05, 4.69) is 40.0 Å². The highest BCUT2D eigenvalue weighted by atomic mass is 28.5. The van der Waals surface area contributed by atoms with Gasteiger partial charge in [0.25, 0.3) is 0 Å². The van der Waals surface area contributed by atoms with Crippen LogP contribution in [0.25, 0.3) is 0 Å². The third kappa shape index (κ3) is 11.6. The van der Waals surface area contributed by atoms with Gasteiger partial charge < -0.3 is 22.4 Å². The van der Waals surface area contributed by atoms with E-state index >= 15 is 0 Å². The van der Waals surface area contributed by atoms with Gasteiger partial charge in [0.05, 0.1) is 19.8 Å². The highest BCUT2D eigenvalue weighted by Crippen LogP contribution is 2.31. The number of hydrogen-bond donors (Lipinski definition) is 0. The Balaban J connectivity index is 2.09. The maximum atomic E-state index is 6.54. The molecule has 0 N–H and O–H groups in total. The SMILES string of the molecule is CCCCOCCC[Si]O[Si](C)(C)O[Si](C)(C)CCCOCC1(CC)COC1. The Morgan fingerprint density at radius 2 is 1.61 bits per heavy atom. The molecular weight excluding hydrogens is 404 g/mol. The molecule has 0 aromatic rings. The fourth-order valence-electron chi connectivity index (χ4n) is 3.23. The van der Waals surface area contributed by atoms with Gasteiger partial charge in [-0.25, -0.2) is 0 Å². The predicted molar refractivity (Wildman–Crippen MR) is 122 cm³/mol. The Hall–Kier alpha value is 0.451. The maximum absolute atomic E-state index is 6.54. The van der Waals surface area contributed by atoms with E-state index in [-0.39, 0.29) is 5.41 Å². The minimum absolute atomic E-state index is 0.286. The molecule has 0 aromatic heterocycles. The van der Waals surface area contributed by atoms with Gasteiger partial charge in [0, 0.05) is 25.2 Å². The summed E-state index contributed by atoms with van der Waals surface area (Å²) in [5, 5.41) is 0. The third-order valence-electron chi connectivity index (χ3n) is 5.09. The molecule has 0 bridgehead atoms. The van der Waals surface area contributed by atoms with Crippen molar-refractivity contribution in [3.05, 3.63) is 0 Å². The van der Waals surface area contributed by atoms with E-state index in [4.69, 9.17) is 22.4 Å². The van der Waals surface area contributed by atoms with Gasteiger partial charge in [0.15, 0.2) is 8.32 Å². The lowest BCUT2D eigenvalue weighted by Crippen LogP contribution is -2.47. The topological polar surface area (TPSA) is 46.2 Å². The molecule has 0 aliphatic carbocycles. The second-order valence-corrected chi connectivity index (χ2v) is 18.3. The maximum Gasteiger partial charge on any atom is 0.310 e. The van der Waals surface area contributed by atoms with Crippen molar-refractivity contribution in [2.45, 2.75) is 84.2 Å². The molecule has 28 heavy (non-hydrogen) atoms. The number of hydrogen-bond acceptors (Lipinski definition) is 5. The van der Waals surface area contributed by atoms with Crippen LogP contribution in [0.3, 0.4) is 0 Å². The molecule has 1 saturated heterocycles. The lowest BCUT2D eigenvalue weighted by atomic mass is 9.84. The minimum atomic E-state index is -2.04. The van der Waals surface area contributed by atoms with Crippen molar-refractivity contribution < 1.29 is 22.4 Å². The Morgan fingerprint density at radius 3 is 2.21 bits per heavy atom.